The van der Waals surface area contributed by atoms with Crippen LogP contribution in [0.5, 0.6) is 0 Å². The standard InChI is InChI=1S/C11H22.2C10H20.2C2H6.CH4/c1-5-11(4)8-6-10(2,3)7-9-11;1-4-10(3)7-5-9(2)6-8-10;1-4-10(3)7-5-6-9(2)8-10;2*1-2;/h5-9H2,1-4H3;2*9H,4-8H2,1-3H3;2*1-2H3;1H4. The Balaban J connectivity index is -0.000000418. The van der Waals surface area contributed by atoms with E-state index in [-0.39, 0.29) is 7.43 Å². The van der Waals surface area contributed by atoms with E-state index in [4.69, 9.17) is 0 Å². The summed E-state index contributed by atoms with van der Waals surface area (Å²) in [5.41, 5.74) is 2.70. The molecular weight excluding hydrogens is 432 g/mol. The molecule has 0 N–H and O–H groups in total. The van der Waals surface area contributed by atoms with Gasteiger partial charge in [-0.05, 0) is 84.9 Å². The predicted molar refractivity (Wildman–Crippen MR) is 172 cm³/mol. The first-order chi connectivity index (χ1) is 16.3. The molecule has 3 aliphatic rings. The van der Waals surface area contributed by atoms with Crippen molar-refractivity contribution in [2.45, 2.75) is 201 Å². The molecule has 0 aliphatic heterocycles. The molecule has 0 aromatic heterocycles. The number of rotatable bonds is 3. The summed E-state index contributed by atoms with van der Waals surface area (Å²) in [5, 5.41) is 0. The quantitative estimate of drug-likeness (QED) is 0.354. The third-order valence-corrected chi connectivity index (χ3v) is 10.2. The molecule has 222 valence electrons. The first-order valence-corrected chi connectivity index (χ1v) is 16.3. The van der Waals surface area contributed by atoms with E-state index in [0.29, 0.717) is 21.7 Å². The van der Waals surface area contributed by atoms with Gasteiger partial charge in [0.2, 0.25) is 0 Å². The van der Waals surface area contributed by atoms with Gasteiger partial charge < -0.3 is 0 Å². The average molecular weight is 511 g/mol. The van der Waals surface area contributed by atoms with Crippen molar-refractivity contribution in [3.8, 4) is 0 Å². The van der Waals surface area contributed by atoms with Crippen molar-refractivity contribution < 1.29 is 0 Å². The summed E-state index contributed by atoms with van der Waals surface area (Å²) in [7, 11) is 0. The highest BCUT2D eigenvalue weighted by Crippen LogP contribution is 2.46. The fourth-order valence-electron chi connectivity index (χ4n) is 5.94. The van der Waals surface area contributed by atoms with Gasteiger partial charge >= 0.3 is 0 Å². The van der Waals surface area contributed by atoms with Gasteiger partial charge in [0, 0.05) is 0 Å². The average Bonchev–Trinajstić information content (AvgIpc) is 2.86. The lowest BCUT2D eigenvalue weighted by Crippen LogP contribution is -2.28. The molecule has 0 heterocycles. The molecule has 36 heavy (non-hydrogen) atoms. The van der Waals surface area contributed by atoms with Crippen LogP contribution in [0.2, 0.25) is 0 Å². The van der Waals surface area contributed by atoms with E-state index in [1.165, 1.54) is 96.3 Å². The minimum Gasteiger partial charge on any atom is -0.0776 e. The van der Waals surface area contributed by atoms with Crippen molar-refractivity contribution in [2.24, 2.45) is 33.5 Å². The molecule has 0 bridgehead atoms. The van der Waals surface area contributed by atoms with E-state index in [0.717, 1.165) is 11.8 Å². The summed E-state index contributed by atoms with van der Waals surface area (Å²) in [5.74, 6) is 1.98. The van der Waals surface area contributed by atoms with Crippen molar-refractivity contribution in [1.29, 1.82) is 0 Å². The van der Waals surface area contributed by atoms with Gasteiger partial charge in [0.25, 0.3) is 0 Å². The predicted octanol–water partition coefficient (Wildman–Crippen LogP) is 13.9. The minimum atomic E-state index is 0. The van der Waals surface area contributed by atoms with Crippen molar-refractivity contribution >= 4 is 0 Å². The summed E-state index contributed by atoms with van der Waals surface area (Å²) in [6.07, 6.45) is 21.6. The van der Waals surface area contributed by atoms with Crippen LogP contribution in [0.1, 0.15) is 201 Å². The lowest BCUT2D eigenvalue weighted by molar-refractivity contribution is 0.113. The Hall–Kier alpha value is 0. The van der Waals surface area contributed by atoms with Crippen LogP contribution >= 0.6 is 0 Å². The van der Waals surface area contributed by atoms with Crippen molar-refractivity contribution in [3.63, 3.8) is 0 Å². The second-order valence-electron chi connectivity index (χ2n) is 14.0. The summed E-state index contributed by atoms with van der Waals surface area (Å²) >= 11 is 0. The topological polar surface area (TPSA) is 0 Å². The molecule has 3 rings (SSSR count). The first kappa shape index (κ1) is 40.5. The van der Waals surface area contributed by atoms with Crippen LogP contribution in [0.15, 0.2) is 0 Å². The van der Waals surface area contributed by atoms with E-state index in [9.17, 15) is 0 Å². The zero-order valence-electron chi connectivity index (χ0n) is 27.8. The van der Waals surface area contributed by atoms with Gasteiger partial charge in [-0.2, -0.15) is 0 Å². The minimum absolute atomic E-state index is 0. The Kier molecular flexibility index (Phi) is 22.5. The van der Waals surface area contributed by atoms with E-state index >= 15 is 0 Å². The maximum Gasteiger partial charge on any atom is -0.0326 e. The third-order valence-electron chi connectivity index (χ3n) is 10.2. The zero-order chi connectivity index (χ0) is 27.8. The van der Waals surface area contributed by atoms with Crippen LogP contribution in [-0.4, -0.2) is 0 Å². The molecule has 2 atom stereocenters. The van der Waals surface area contributed by atoms with Crippen LogP contribution in [0, 0.1) is 33.5 Å². The molecule has 0 saturated heterocycles. The highest BCUT2D eigenvalue weighted by molar-refractivity contribution is 4.85. The lowest BCUT2D eigenvalue weighted by Gasteiger charge is -2.41. The largest absolute Gasteiger partial charge is 0.0776 e. The lowest BCUT2D eigenvalue weighted by atomic mass is 9.65. The van der Waals surface area contributed by atoms with Crippen molar-refractivity contribution in [1.82, 2.24) is 0 Å². The normalized spacial score (nSPS) is 32.2. The van der Waals surface area contributed by atoms with Gasteiger partial charge in [-0.15, -0.1) is 0 Å². The maximum absolute atomic E-state index is 2.45. The SMILES string of the molecule is C.CC.CC.CCC1(C)CCC(C)(C)CC1.CCC1(C)CCC(C)CC1.CCC1(C)CCCC(C)C1. The molecule has 3 saturated carbocycles. The second-order valence-corrected chi connectivity index (χ2v) is 14.0. The summed E-state index contributed by atoms with van der Waals surface area (Å²) in [4.78, 5) is 0. The van der Waals surface area contributed by atoms with Crippen molar-refractivity contribution in [3.05, 3.63) is 0 Å². The van der Waals surface area contributed by atoms with E-state index in [1.807, 2.05) is 27.7 Å². The fraction of sp³-hybridized carbons (Fsp3) is 1.00. The molecule has 2 unspecified atom stereocenters. The molecule has 0 spiro atoms. The van der Waals surface area contributed by atoms with Gasteiger partial charge in [0.15, 0.2) is 0 Å². The van der Waals surface area contributed by atoms with Gasteiger partial charge in [-0.25, -0.2) is 0 Å². The molecule has 3 fully saturated rings. The van der Waals surface area contributed by atoms with Crippen LogP contribution in [0.3, 0.4) is 0 Å². The zero-order valence-corrected chi connectivity index (χ0v) is 27.8. The molecule has 0 nitrogen and oxygen atoms in total. The second kappa shape index (κ2) is 20.0. The molecule has 0 amide bonds. The van der Waals surface area contributed by atoms with Crippen LogP contribution in [0.25, 0.3) is 0 Å². The van der Waals surface area contributed by atoms with Crippen LogP contribution in [-0.2, 0) is 0 Å². The monoisotopic (exact) mass is 511 g/mol. The molecule has 0 aromatic rings. The first-order valence-electron chi connectivity index (χ1n) is 16.3. The highest BCUT2D eigenvalue weighted by atomic mass is 14.4. The Morgan fingerprint density at radius 3 is 1.22 bits per heavy atom. The third kappa shape index (κ3) is 16.8. The number of hydrogen-bond donors (Lipinski definition) is 0. The molecule has 0 heteroatoms. The molecule has 3 aliphatic carbocycles. The van der Waals surface area contributed by atoms with E-state index < -0.39 is 0 Å². The number of hydrogen-bond acceptors (Lipinski definition) is 0. The Bertz CT molecular complexity index is 468. The Morgan fingerprint density at radius 1 is 0.500 bits per heavy atom. The van der Waals surface area contributed by atoms with Crippen LogP contribution < -0.4 is 0 Å². The van der Waals surface area contributed by atoms with Crippen molar-refractivity contribution in [2.75, 3.05) is 0 Å². The Labute approximate surface area is 234 Å². The van der Waals surface area contributed by atoms with Gasteiger partial charge in [-0.1, -0.05) is 149 Å². The van der Waals surface area contributed by atoms with Gasteiger partial charge in [0.05, 0.1) is 0 Å². The van der Waals surface area contributed by atoms with E-state index in [2.05, 4.69) is 69.2 Å². The molecule has 0 aromatic carbocycles. The summed E-state index contributed by atoms with van der Waals surface area (Å²) in [6, 6.07) is 0. The van der Waals surface area contributed by atoms with E-state index in [1.54, 1.807) is 0 Å². The smallest absolute Gasteiger partial charge is 0.0326 e. The summed E-state index contributed by atoms with van der Waals surface area (Å²) < 4.78 is 0. The molecular formula is C36H78. The van der Waals surface area contributed by atoms with Crippen LogP contribution in [0.4, 0.5) is 0 Å². The Morgan fingerprint density at radius 2 is 0.889 bits per heavy atom. The maximum atomic E-state index is 2.45. The van der Waals surface area contributed by atoms with Gasteiger partial charge in [-0.3, -0.25) is 0 Å². The van der Waals surface area contributed by atoms with Gasteiger partial charge in [0.1, 0.15) is 0 Å². The summed E-state index contributed by atoms with van der Waals surface area (Å²) in [6.45, 7) is 31.9. The molecule has 0 radical (unpaired) electrons. The highest BCUT2D eigenvalue weighted by Gasteiger charge is 2.33. The fourth-order valence-corrected chi connectivity index (χ4v) is 5.94.